The maximum absolute atomic E-state index is 10.5. The van der Waals surface area contributed by atoms with Gasteiger partial charge in [0.25, 0.3) is 0 Å². The molecule has 1 heterocycles. The van der Waals surface area contributed by atoms with Gasteiger partial charge in [0.05, 0.1) is 5.69 Å². The van der Waals surface area contributed by atoms with Gasteiger partial charge in [-0.15, -0.1) is 0 Å². The van der Waals surface area contributed by atoms with Crippen LogP contribution in [0.5, 0.6) is 0 Å². The molecule has 0 amide bonds. The van der Waals surface area contributed by atoms with Crippen LogP contribution in [0.25, 0.3) is 5.70 Å². The van der Waals surface area contributed by atoms with Crippen molar-refractivity contribution in [1.82, 2.24) is 9.78 Å². The molecule has 0 unspecified atom stereocenters. The molecule has 1 N–H and O–H groups in total. The minimum atomic E-state index is -1.05. The fourth-order valence-electron chi connectivity index (χ4n) is 0.993. The highest BCUT2D eigenvalue weighted by molar-refractivity contribution is 6.07. The van der Waals surface area contributed by atoms with Gasteiger partial charge in [0.15, 0.2) is 0 Å². The summed E-state index contributed by atoms with van der Waals surface area (Å²) in [6.45, 7) is 6.99. The number of hydrogen-bond acceptors (Lipinski definition) is 2. The molecule has 0 atom stereocenters. The lowest BCUT2D eigenvalue weighted by molar-refractivity contribution is -0.130. The Morgan fingerprint density at radius 1 is 1.67 bits per heavy atom. The first kappa shape index (κ1) is 8.52. The Morgan fingerprint density at radius 2 is 2.25 bits per heavy atom. The van der Waals surface area contributed by atoms with Crippen LogP contribution in [0.4, 0.5) is 0 Å². The van der Waals surface area contributed by atoms with Crippen molar-refractivity contribution in [2.45, 2.75) is 13.8 Å². The molecule has 1 rings (SSSR count). The van der Waals surface area contributed by atoms with Crippen molar-refractivity contribution in [2.24, 2.45) is 0 Å². The van der Waals surface area contributed by atoms with Crippen molar-refractivity contribution < 1.29 is 9.90 Å². The number of aryl methyl sites for hydroxylation is 2. The first-order valence-electron chi connectivity index (χ1n) is 3.48. The summed E-state index contributed by atoms with van der Waals surface area (Å²) in [7, 11) is 0. The highest BCUT2D eigenvalue weighted by Crippen LogP contribution is 2.07. The van der Waals surface area contributed by atoms with Gasteiger partial charge in [-0.1, -0.05) is 6.58 Å². The summed E-state index contributed by atoms with van der Waals surface area (Å²) in [4.78, 5) is 10.5. The van der Waals surface area contributed by atoms with Crippen LogP contribution in [-0.4, -0.2) is 20.9 Å². The van der Waals surface area contributed by atoms with Crippen molar-refractivity contribution in [3.63, 3.8) is 0 Å². The molecule has 1 aromatic heterocycles. The van der Waals surface area contributed by atoms with E-state index in [1.54, 1.807) is 19.9 Å². The molecule has 0 saturated carbocycles. The zero-order valence-electron chi connectivity index (χ0n) is 7.03. The standard InChI is InChI=1S/C8H10N2O2/c1-5-4-6(2)10(9-5)7(3)8(11)12/h4H,3H2,1-2H3,(H,11,12). The van der Waals surface area contributed by atoms with Crippen LogP contribution in [0.3, 0.4) is 0 Å². The Kier molecular flexibility index (Phi) is 1.99. The molecule has 0 spiro atoms. The molecule has 0 aromatic carbocycles. The maximum atomic E-state index is 10.5. The van der Waals surface area contributed by atoms with E-state index < -0.39 is 5.97 Å². The Balaban J connectivity index is 3.11. The van der Waals surface area contributed by atoms with E-state index in [9.17, 15) is 4.79 Å². The summed E-state index contributed by atoms with van der Waals surface area (Å²) in [5.74, 6) is -1.05. The lowest BCUT2D eigenvalue weighted by atomic mass is 10.4. The Labute approximate surface area is 70.1 Å². The number of carboxylic acids is 1. The van der Waals surface area contributed by atoms with Gasteiger partial charge in [0.2, 0.25) is 0 Å². The van der Waals surface area contributed by atoms with E-state index >= 15 is 0 Å². The monoisotopic (exact) mass is 166 g/mol. The average molecular weight is 166 g/mol. The third-order valence-electron chi connectivity index (χ3n) is 1.51. The predicted octanol–water partition coefficient (Wildman–Crippen LogP) is 1.06. The molecular formula is C8H10N2O2. The van der Waals surface area contributed by atoms with Crippen molar-refractivity contribution in [1.29, 1.82) is 0 Å². The maximum Gasteiger partial charge on any atom is 0.353 e. The molecule has 0 saturated heterocycles. The largest absolute Gasteiger partial charge is 0.477 e. The van der Waals surface area contributed by atoms with Crippen LogP contribution >= 0.6 is 0 Å². The summed E-state index contributed by atoms with van der Waals surface area (Å²) >= 11 is 0. The third-order valence-corrected chi connectivity index (χ3v) is 1.51. The van der Waals surface area contributed by atoms with E-state index in [1.165, 1.54) is 4.68 Å². The van der Waals surface area contributed by atoms with Crippen LogP contribution in [0.15, 0.2) is 12.6 Å². The van der Waals surface area contributed by atoms with Gasteiger partial charge in [0.1, 0.15) is 5.70 Å². The van der Waals surface area contributed by atoms with Gasteiger partial charge in [-0.25, -0.2) is 9.48 Å². The number of hydrogen-bond donors (Lipinski definition) is 1. The molecule has 0 aliphatic rings. The number of aliphatic carboxylic acids is 1. The number of carboxylic acid groups (broad SMARTS) is 1. The summed E-state index contributed by atoms with van der Waals surface area (Å²) in [5, 5.41) is 12.6. The van der Waals surface area contributed by atoms with Gasteiger partial charge in [-0.2, -0.15) is 5.10 Å². The molecule has 0 aliphatic carbocycles. The smallest absolute Gasteiger partial charge is 0.353 e. The summed E-state index contributed by atoms with van der Waals surface area (Å²) in [6, 6.07) is 1.80. The predicted molar refractivity (Wildman–Crippen MR) is 44.7 cm³/mol. The van der Waals surface area contributed by atoms with Crippen molar-refractivity contribution in [3.05, 3.63) is 24.0 Å². The van der Waals surface area contributed by atoms with Gasteiger partial charge in [-0.05, 0) is 19.9 Å². The number of aromatic nitrogens is 2. The Hall–Kier alpha value is -1.58. The van der Waals surface area contributed by atoms with E-state index in [0.717, 1.165) is 11.4 Å². The Bertz CT molecular complexity index is 339. The summed E-state index contributed by atoms with van der Waals surface area (Å²) < 4.78 is 1.32. The van der Waals surface area contributed by atoms with Crippen LogP contribution < -0.4 is 0 Å². The summed E-state index contributed by atoms with van der Waals surface area (Å²) in [6.07, 6.45) is 0. The molecule has 0 fully saturated rings. The van der Waals surface area contributed by atoms with Gasteiger partial charge >= 0.3 is 5.97 Å². The lowest BCUT2D eigenvalue weighted by Gasteiger charge is -2.01. The minimum absolute atomic E-state index is 0.0272. The van der Waals surface area contributed by atoms with E-state index in [-0.39, 0.29) is 5.70 Å². The third kappa shape index (κ3) is 1.37. The molecular weight excluding hydrogens is 156 g/mol. The topological polar surface area (TPSA) is 55.1 Å². The first-order chi connectivity index (χ1) is 5.52. The van der Waals surface area contributed by atoms with E-state index in [0.29, 0.717) is 0 Å². The molecule has 64 valence electrons. The zero-order valence-corrected chi connectivity index (χ0v) is 7.03. The fraction of sp³-hybridized carbons (Fsp3) is 0.250. The first-order valence-corrected chi connectivity index (χ1v) is 3.48. The van der Waals surface area contributed by atoms with Crippen molar-refractivity contribution in [2.75, 3.05) is 0 Å². The van der Waals surface area contributed by atoms with Crippen molar-refractivity contribution in [3.8, 4) is 0 Å². The second kappa shape index (κ2) is 2.81. The molecule has 12 heavy (non-hydrogen) atoms. The highest BCUT2D eigenvalue weighted by atomic mass is 16.4. The number of rotatable bonds is 2. The molecule has 4 heteroatoms. The van der Waals surface area contributed by atoms with Crippen LogP contribution in [-0.2, 0) is 4.79 Å². The van der Waals surface area contributed by atoms with Crippen LogP contribution in [0, 0.1) is 13.8 Å². The summed E-state index contributed by atoms with van der Waals surface area (Å²) in [5.41, 5.74) is 1.54. The highest BCUT2D eigenvalue weighted by Gasteiger charge is 2.10. The minimum Gasteiger partial charge on any atom is -0.477 e. The normalized spacial score (nSPS) is 9.83. The average Bonchev–Trinajstić information content (AvgIpc) is 2.28. The number of nitrogens with zero attached hydrogens (tertiary/aromatic N) is 2. The molecule has 0 bridgehead atoms. The van der Waals surface area contributed by atoms with E-state index in [1.807, 2.05) is 0 Å². The fourth-order valence-corrected chi connectivity index (χ4v) is 0.993. The molecule has 0 radical (unpaired) electrons. The second-order valence-corrected chi connectivity index (χ2v) is 2.59. The lowest BCUT2D eigenvalue weighted by Crippen LogP contribution is -2.09. The van der Waals surface area contributed by atoms with Gasteiger partial charge in [0, 0.05) is 5.69 Å². The second-order valence-electron chi connectivity index (χ2n) is 2.59. The Morgan fingerprint density at radius 3 is 2.58 bits per heavy atom. The molecule has 0 aliphatic heterocycles. The van der Waals surface area contributed by atoms with E-state index in [4.69, 9.17) is 5.11 Å². The number of carbonyl (C=O) groups is 1. The molecule has 4 nitrogen and oxygen atoms in total. The van der Waals surface area contributed by atoms with Gasteiger partial charge in [-0.3, -0.25) is 0 Å². The zero-order chi connectivity index (χ0) is 9.30. The quantitative estimate of drug-likeness (QED) is 0.668. The van der Waals surface area contributed by atoms with Gasteiger partial charge < -0.3 is 5.11 Å². The van der Waals surface area contributed by atoms with Crippen molar-refractivity contribution >= 4 is 11.7 Å². The molecule has 1 aromatic rings. The van der Waals surface area contributed by atoms with E-state index in [2.05, 4.69) is 11.7 Å². The van der Waals surface area contributed by atoms with Crippen LogP contribution in [0.2, 0.25) is 0 Å². The van der Waals surface area contributed by atoms with Crippen LogP contribution in [0.1, 0.15) is 11.4 Å². The SMILES string of the molecule is C=C(C(=O)O)n1nc(C)cc1C.